The van der Waals surface area contributed by atoms with Gasteiger partial charge in [-0.15, -0.1) is 0 Å². The Morgan fingerprint density at radius 3 is 2.45 bits per heavy atom. The Morgan fingerprint density at radius 1 is 1.07 bits per heavy atom. The van der Waals surface area contributed by atoms with Crippen LogP contribution in [0.15, 0.2) is 71.6 Å². The smallest absolute Gasteiger partial charge is 0.407 e. The van der Waals surface area contributed by atoms with E-state index < -0.39 is 44.5 Å². The Bertz CT molecular complexity index is 1560. The predicted molar refractivity (Wildman–Crippen MR) is 153 cm³/mol. The molecule has 0 radical (unpaired) electrons. The Balaban J connectivity index is 1.77. The molecule has 3 rings (SSSR count). The van der Waals surface area contributed by atoms with Gasteiger partial charge < -0.3 is 20.1 Å². The van der Waals surface area contributed by atoms with Crippen LogP contribution in [0.3, 0.4) is 0 Å². The van der Waals surface area contributed by atoms with Crippen molar-refractivity contribution in [2.24, 2.45) is 0 Å². The lowest BCUT2D eigenvalue weighted by atomic mass is 10.0. The van der Waals surface area contributed by atoms with E-state index in [2.05, 4.69) is 15.1 Å². The van der Waals surface area contributed by atoms with Gasteiger partial charge in [-0.1, -0.05) is 36.4 Å². The Labute approximate surface area is 243 Å². The highest BCUT2D eigenvalue weighted by atomic mass is 32.2. The quantitative estimate of drug-likeness (QED) is 0.214. The Kier molecular flexibility index (Phi) is 10.4. The molecule has 0 spiro atoms. The van der Waals surface area contributed by atoms with E-state index in [0.717, 1.165) is 37.6 Å². The average molecular weight is 604 g/mol. The number of nitrogens with one attached hydrogen (secondary N) is 1. The molecule has 3 aromatic carbocycles. The van der Waals surface area contributed by atoms with E-state index >= 15 is 0 Å². The maximum absolute atomic E-state index is 13.4. The van der Waals surface area contributed by atoms with Crippen LogP contribution < -0.4 is 10.1 Å². The van der Waals surface area contributed by atoms with Crippen molar-refractivity contribution >= 4 is 27.1 Å². The molecule has 0 saturated heterocycles. The molecule has 0 aliphatic carbocycles. The minimum atomic E-state index is -4.85. The summed E-state index contributed by atoms with van der Waals surface area (Å²) in [6.07, 6.45) is -3.79. The molecule has 0 fully saturated rings. The normalized spacial score (nSPS) is 13.3. The SMILES string of the molecule is [C-]#[N+]c1ccc(NC(=O)C(C)(O)CS(=O)(=O)c2ccccc2Cc2cccc(OCCCN(C)C)c2)cc1C(F)(F)F. The van der Waals surface area contributed by atoms with E-state index in [-0.39, 0.29) is 17.0 Å². The van der Waals surface area contributed by atoms with Crippen LogP contribution in [-0.2, 0) is 27.2 Å². The van der Waals surface area contributed by atoms with Gasteiger partial charge >= 0.3 is 6.18 Å². The van der Waals surface area contributed by atoms with Crippen molar-refractivity contribution in [1.82, 2.24) is 4.90 Å². The van der Waals surface area contributed by atoms with Gasteiger partial charge in [-0.3, -0.25) is 4.79 Å². The maximum atomic E-state index is 13.4. The van der Waals surface area contributed by atoms with Crippen molar-refractivity contribution in [1.29, 1.82) is 0 Å². The van der Waals surface area contributed by atoms with Gasteiger partial charge in [-0.25, -0.2) is 13.3 Å². The molecule has 0 aliphatic heterocycles. The van der Waals surface area contributed by atoms with Crippen LogP contribution in [0, 0.1) is 6.57 Å². The summed E-state index contributed by atoms with van der Waals surface area (Å²) in [5.41, 5.74) is -3.55. The predicted octanol–water partition coefficient (Wildman–Crippen LogP) is 5.34. The maximum Gasteiger partial charge on any atom is 0.407 e. The number of alkyl halides is 3. The molecule has 12 heteroatoms. The van der Waals surface area contributed by atoms with Crippen LogP contribution in [-0.4, -0.2) is 62.9 Å². The number of hydrogen-bond acceptors (Lipinski definition) is 6. The van der Waals surface area contributed by atoms with Crippen LogP contribution in [0.25, 0.3) is 4.85 Å². The van der Waals surface area contributed by atoms with Crippen molar-refractivity contribution in [3.8, 4) is 5.75 Å². The van der Waals surface area contributed by atoms with E-state index in [1.807, 2.05) is 32.3 Å². The summed E-state index contributed by atoms with van der Waals surface area (Å²) in [6, 6.07) is 16.0. The van der Waals surface area contributed by atoms with Crippen LogP contribution in [0.5, 0.6) is 5.75 Å². The lowest BCUT2D eigenvalue weighted by molar-refractivity contribution is -0.137. The van der Waals surface area contributed by atoms with Gasteiger partial charge in [0.1, 0.15) is 5.75 Å². The molecule has 3 aromatic rings. The molecule has 0 bridgehead atoms. The minimum Gasteiger partial charge on any atom is -0.494 e. The molecule has 0 aromatic heterocycles. The molecule has 1 amide bonds. The number of nitrogens with zero attached hydrogens (tertiary/aromatic N) is 2. The average Bonchev–Trinajstić information content (AvgIpc) is 2.90. The number of anilines is 1. The van der Waals surface area contributed by atoms with Gasteiger partial charge in [0.05, 0.1) is 29.4 Å². The van der Waals surface area contributed by atoms with Crippen LogP contribution in [0.1, 0.15) is 30.0 Å². The highest BCUT2D eigenvalue weighted by Gasteiger charge is 2.38. The molecule has 0 saturated carbocycles. The second-order valence-corrected chi connectivity index (χ2v) is 12.2. The number of halogens is 3. The fourth-order valence-corrected chi connectivity index (χ4v) is 6.06. The first-order valence-corrected chi connectivity index (χ1v) is 14.6. The fourth-order valence-electron chi connectivity index (χ4n) is 4.21. The largest absolute Gasteiger partial charge is 0.494 e. The van der Waals surface area contributed by atoms with E-state index in [4.69, 9.17) is 11.3 Å². The van der Waals surface area contributed by atoms with E-state index in [9.17, 15) is 31.5 Å². The molecule has 42 heavy (non-hydrogen) atoms. The molecule has 0 heterocycles. The highest BCUT2D eigenvalue weighted by molar-refractivity contribution is 7.91. The number of carbonyl (C=O) groups excluding carboxylic acids is 1. The zero-order chi connectivity index (χ0) is 31.1. The van der Waals surface area contributed by atoms with Crippen molar-refractivity contribution in [3.05, 3.63) is 94.8 Å². The first-order valence-electron chi connectivity index (χ1n) is 12.9. The molecular formula is C30H32F3N3O5S. The van der Waals surface area contributed by atoms with Gasteiger partial charge in [0.25, 0.3) is 5.91 Å². The summed E-state index contributed by atoms with van der Waals surface area (Å²) in [5.74, 6) is -1.60. The van der Waals surface area contributed by atoms with Crippen molar-refractivity contribution in [2.75, 3.05) is 38.3 Å². The number of ether oxygens (including phenoxy) is 1. The van der Waals surface area contributed by atoms with E-state index in [0.29, 0.717) is 24.0 Å². The van der Waals surface area contributed by atoms with E-state index in [1.54, 1.807) is 18.2 Å². The van der Waals surface area contributed by atoms with Gasteiger partial charge in [0.2, 0.25) is 0 Å². The first kappa shape index (κ1) is 32.6. The number of benzene rings is 3. The van der Waals surface area contributed by atoms with Crippen molar-refractivity contribution in [3.63, 3.8) is 0 Å². The molecule has 0 aliphatic rings. The van der Waals surface area contributed by atoms with Gasteiger partial charge in [0, 0.05) is 12.2 Å². The Morgan fingerprint density at radius 2 is 1.79 bits per heavy atom. The monoisotopic (exact) mass is 603 g/mol. The van der Waals surface area contributed by atoms with Gasteiger partial charge in [-0.2, -0.15) is 13.2 Å². The summed E-state index contributed by atoms with van der Waals surface area (Å²) >= 11 is 0. The summed E-state index contributed by atoms with van der Waals surface area (Å²) in [7, 11) is -0.304. The molecule has 1 atom stereocenters. The minimum absolute atomic E-state index is 0.0869. The number of amides is 1. The van der Waals surface area contributed by atoms with Crippen LogP contribution in [0.2, 0.25) is 0 Å². The zero-order valence-corrected chi connectivity index (χ0v) is 24.2. The van der Waals surface area contributed by atoms with Crippen molar-refractivity contribution in [2.45, 2.75) is 36.4 Å². The van der Waals surface area contributed by atoms with Crippen LogP contribution in [0.4, 0.5) is 24.5 Å². The summed E-state index contributed by atoms with van der Waals surface area (Å²) in [6.45, 7) is 9.28. The van der Waals surface area contributed by atoms with Crippen LogP contribution >= 0.6 is 0 Å². The third-order valence-electron chi connectivity index (χ3n) is 6.26. The van der Waals surface area contributed by atoms with E-state index in [1.165, 1.54) is 12.1 Å². The molecule has 1 unspecified atom stereocenters. The number of rotatable bonds is 12. The zero-order valence-electron chi connectivity index (χ0n) is 23.4. The second-order valence-electron chi connectivity index (χ2n) is 10.3. The molecule has 224 valence electrons. The standard InChI is InChI=1S/C30H32F3N3O5S/c1-29(38,28(37)35-23-13-14-26(34-2)25(19-23)30(31,32)33)20-42(39,40)27-12-6-5-10-22(27)17-21-9-7-11-24(18-21)41-16-8-15-36(3)4/h5-7,9-14,18-19,38H,8,15-17,20H2,1,3-4H3,(H,35,37). The molecule has 2 N–H and O–H groups in total. The molecular weight excluding hydrogens is 571 g/mol. The summed E-state index contributed by atoms with van der Waals surface area (Å²) in [4.78, 5) is 17.6. The van der Waals surface area contributed by atoms with Gasteiger partial charge in [0.15, 0.2) is 21.1 Å². The third-order valence-corrected chi connectivity index (χ3v) is 8.27. The summed E-state index contributed by atoms with van der Waals surface area (Å²) < 4.78 is 72.6. The second kappa shape index (κ2) is 13.4. The number of sulfone groups is 1. The lowest BCUT2D eigenvalue weighted by Crippen LogP contribution is -2.46. The van der Waals surface area contributed by atoms with Crippen molar-refractivity contribution < 1.29 is 36.2 Å². The molecule has 8 nitrogen and oxygen atoms in total. The fraction of sp³-hybridized carbons (Fsp3) is 0.333. The Hall–Kier alpha value is -3.92. The summed E-state index contributed by atoms with van der Waals surface area (Å²) in [5, 5.41) is 13.0. The number of hydrogen-bond donors (Lipinski definition) is 2. The lowest BCUT2D eigenvalue weighted by Gasteiger charge is -2.23. The van der Waals surface area contributed by atoms with Gasteiger partial charge in [-0.05, 0) is 75.3 Å². The highest BCUT2D eigenvalue weighted by Crippen LogP contribution is 2.38. The topological polar surface area (TPSA) is 100 Å². The number of aliphatic hydroxyl groups is 1. The third kappa shape index (κ3) is 8.79. The first-order chi connectivity index (χ1) is 19.6. The number of carbonyl (C=O) groups is 1.